The fourth-order valence-electron chi connectivity index (χ4n) is 2.85. The first kappa shape index (κ1) is 19.7. The van der Waals surface area contributed by atoms with Gasteiger partial charge in [0.2, 0.25) is 0 Å². The summed E-state index contributed by atoms with van der Waals surface area (Å²) >= 11 is 0. The van der Waals surface area contributed by atoms with Crippen LogP contribution < -0.4 is 10.6 Å². The van der Waals surface area contributed by atoms with Crippen LogP contribution in [0.25, 0.3) is 0 Å². The van der Waals surface area contributed by atoms with Crippen LogP contribution in [0.1, 0.15) is 57.6 Å². The van der Waals surface area contributed by atoms with Crippen LogP contribution in [0.5, 0.6) is 0 Å². The van der Waals surface area contributed by atoms with E-state index in [9.17, 15) is 0 Å². The van der Waals surface area contributed by atoms with E-state index in [1.165, 1.54) is 25.7 Å². The molecule has 0 aliphatic heterocycles. The standard InChI is InChI=1S/C18H34N6O/c1-14(2)13-25-11-7-10-19-18(21-16-8-5-6-9-16)20-12-17-23-22-15(3)24(17)4/h14,16H,5-13H2,1-4H3,(H2,19,20,21). The Kier molecular flexibility index (Phi) is 8.18. The van der Waals surface area contributed by atoms with Crippen molar-refractivity contribution in [3.63, 3.8) is 0 Å². The Morgan fingerprint density at radius 2 is 2.08 bits per heavy atom. The Hall–Kier alpha value is -1.63. The highest BCUT2D eigenvalue weighted by Gasteiger charge is 2.16. The lowest BCUT2D eigenvalue weighted by Gasteiger charge is -2.17. The minimum absolute atomic E-state index is 0.531. The van der Waals surface area contributed by atoms with E-state index in [4.69, 9.17) is 9.73 Å². The summed E-state index contributed by atoms with van der Waals surface area (Å²) in [7, 11) is 1.98. The second kappa shape index (κ2) is 10.4. The van der Waals surface area contributed by atoms with Crippen molar-refractivity contribution in [1.29, 1.82) is 0 Å². The SMILES string of the molecule is Cc1nnc(CN=C(NCCCOCC(C)C)NC2CCCC2)n1C. The molecule has 0 radical (unpaired) electrons. The molecule has 1 aromatic heterocycles. The maximum Gasteiger partial charge on any atom is 0.191 e. The first-order valence-corrected chi connectivity index (χ1v) is 9.53. The maximum atomic E-state index is 5.64. The van der Waals surface area contributed by atoms with Crippen LogP contribution in [0, 0.1) is 12.8 Å². The van der Waals surface area contributed by atoms with Crippen LogP contribution in [0.2, 0.25) is 0 Å². The van der Waals surface area contributed by atoms with E-state index < -0.39 is 0 Å². The van der Waals surface area contributed by atoms with Gasteiger partial charge in [-0.3, -0.25) is 0 Å². The first-order valence-electron chi connectivity index (χ1n) is 9.53. The molecule has 2 N–H and O–H groups in total. The normalized spacial score (nSPS) is 16.0. The highest BCUT2D eigenvalue weighted by molar-refractivity contribution is 5.80. The third-order valence-electron chi connectivity index (χ3n) is 4.47. The van der Waals surface area contributed by atoms with Gasteiger partial charge in [-0.1, -0.05) is 26.7 Å². The number of ether oxygens (including phenoxy) is 1. The Morgan fingerprint density at radius 3 is 2.72 bits per heavy atom. The number of hydrogen-bond acceptors (Lipinski definition) is 4. The van der Waals surface area contributed by atoms with Gasteiger partial charge >= 0.3 is 0 Å². The lowest BCUT2D eigenvalue weighted by Crippen LogP contribution is -2.43. The second-order valence-corrected chi connectivity index (χ2v) is 7.26. The van der Waals surface area contributed by atoms with Crippen LogP contribution in [0.4, 0.5) is 0 Å². The molecule has 1 fully saturated rings. The molecule has 142 valence electrons. The van der Waals surface area contributed by atoms with Crippen LogP contribution >= 0.6 is 0 Å². The lowest BCUT2D eigenvalue weighted by molar-refractivity contribution is 0.108. The first-order chi connectivity index (χ1) is 12.1. The Bertz CT molecular complexity index is 534. The number of aromatic nitrogens is 3. The van der Waals surface area contributed by atoms with Crippen molar-refractivity contribution in [2.24, 2.45) is 18.0 Å². The van der Waals surface area contributed by atoms with Crippen molar-refractivity contribution in [1.82, 2.24) is 25.4 Å². The minimum atomic E-state index is 0.531. The van der Waals surface area contributed by atoms with E-state index in [0.29, 0.717) is 18.5 Å². The fourth-order valence-corrected chi connectivity index (χ4v) is 2.85. The summed E-state index contributed by atoms with van der Waals surface area (Å²) in [5.74, 6) is 3.25. The predicted molar refractivity (Wildman–Crippen MR) is 101 cm³/mol. The van der Waals surface area contributed by atoms with E-state index in [0.717, 1.165) is 43.8 Å². The van der Waals surface area contributed by atoms with Gasteiger partial charge in [-0.2, -0.15) is 0 Å². The molecule has 0 atom stereocenters. The Morgan fingerprint density at radius 1 is 1.32 bits per heavy atom. The number of rotatable bonds is 9. The summed E-state index contributed by atoms with van der Waals surface area (Å²) in [5, 5.41) is 15.3. The molecule has 1 aliphatic rings. The van der Waals surface area contributed by atoms with Crippen molar-refractivity contribution in [2.45, 2.75) is 65.5 Å². The number of aliphatic imine (C=N–C) groups is 1. The van der Waals surface area contributed by atoms with Crippen molar-refractivity contribution in [2.75, 3.05) is 19.8 Å². The van der Waals surface area contributed by atoms with Gasteiger partial charge in [0.05, 0.1) is 0 Å². The molecule has 1 saturated carbocycles. The fraction of sp³-hybridized carbons (Fsp3) is 0.833. The average Bonchev–Trinajstić information content (AvgIpc) is 3.19. The summed E-state index contributed by atoms with van der Waals surface area (Å²) in [6.45, 7) is 9.29. The van der Waals surface area contributed by atoms with E-state index in [2.05, 4.69) is 34.7 Å². The zero-order chi connectivity index (χ0) is 18.1. The van der Waals surface area contributed by atoms with Gasteiger partial charge in [0.25, 0.3) is 0 Å². The summed E-state index contributed by atoms with van der Waals surface area (Å²) in [6.07, 6.45) is 6.02. The van der Waals surface area contributed by atoms with E-state index >= 15 is 0 Å². The molecule has 1 heterocycles. The van der Waals surface area contributed by atoms with Gasteiger partial charge in [-0.25, -0.2) is 4.99 Å². The second-order valence-electron chi connectivity index (χ2n) is 7.26. The molecule has 0 amide bonds. The largest absolute Gasteiger partial charge is 0.381 e. The summed E-state index contributed by atoms with van der Waals surface area (Å²) in [5.41, 5.74) is 0. The summed E-state index contributed by atoms with van der Waals surface area (Å²) in [6, 6.07) is 0.532. The van der Waals surface area contributed by atoms with Gasteiger partial charge < -0.3 is 19.9 Å². The summed E-state index contributed by atoms with van der Waals surface area (Å²) < 4.78 is 7.62. The van der Waals surface area contributed by atoms with E-state index in [1.807, 2.05) is 18.5 Å². The van der Waals surface area contributed by atoms with Crippen molar-refractivity contribution in [3.05, 3.63) is 11.6 Å². The molecule has 1 aliphatic carbocycles. The van der Waals surface area contributed by atoms with Gasteiger partial charge in [-0.15, -0.1) is 10.2 Å². The zero-order valence-corrected chi connectivity index (χ0v) is 16.2. The van der Waals surface area contributed by atoms with Crippen LogP contribution in [0.3, 0.4) is 0 Å². The molecule has 1 aromatic rings. The molecule has 0 aromatic carbocycles. The third kappa shape index (κ3) is 7.02. The average molecular weight is 351 g/mol. The number of nitrogens with one attached hydrogen (secondary N) is 2. The van der Waals surface area contributed by atoms with Gasteiger partial charge in [0.15, 0.2) is 11.8 Å². The predicted octanol–water partition coefficient (Wildman–Crippen LogP) is 2.16. The summed E-state index contributed by atoms with van der Waals surface area (Å²) in [4.78, 5) is 4.71. The molecular formula is C18H34N6O. The zero-order valence-electron chi connectivity index (χ0n) is 16.2. The molecular weight excluding hydrogens is 316 g/mol. The lowest BCUT2D eigenvalue weighted by atomic mass is 10.2. The smallest absolute Gasteiger partial charge is 0.191 e. The van der Waals surface area contributed by atoms with Gasteiger partial charge in [0.1, 0.15) is 12.4 Å². The van der Waals surface area contributed by atoms with Crippen LogP contribution in [0.15, 0.2) is 4.99 Å². The van der Waals surface area contributed by atoms with Crippen LogP contribution in [-0.4, -0.2) is 46.5 Å². The Balaban J connectivity index is 1.81. The molecule has 7 heteroatoms. The molecule has 0 spiro atoms. The highest BCUT2D eigenvalue weighted by Crippen LogP contribution is 2.17. The molecule has 7 nitrogen and oxygen atoms in total. The molecule has 2 rings (SSSR count). The van der Waals surface area contributed by atoms with Crippen LogP contribution in [-0.2, 0) is 18.3 Å². The number of guanidine groups is 1. The van der Waals surface area contributed by atoms with E-state index in [1.54, 1.807) is 0 Å². The van der Waals surface area contributed by atoms with E-state index in [-0.39, 0.29) is 0 Å². The molecule has 0 bridgehead atoms. The molecule has 25 heavy (non-hydrogen) atoms. The number of aryl methyl sites for hydroxylation is 1. The van der Waals surface area contributed by atoms with Crippen molar-refractivity contribution >= 4 is 5.96 Å². The monoisotopic (exact) mass is 350 g/mol. The topological polar surface area (TPSA) is 76.4 Å². The quantitative estimate of drug-likeness (QED) is 0.405. The maximum absolute atomic E-state index is 5.64. The minimum Gasteiger partial charge on any atom is -0.381 e. The van der Waals surface area contributed by atoms with Crippen molar-refractivity contribution < 1.29 is 4.74 Å². The number of nitrogens with zero attached hydrogens (tertiary/aromatic N) is 4. The third-order valence-corrected chi connectivity index (χ3v) is 4.47. The van der Waals surface area contributed by atoms with Crippen molar-refractivity contribution in [3.8, 4) is 0 Å². The van der Waals surface area contributed by atoms with Gasteiger partial charge in [0, 0.05) is 32.8 Å². The van der Waals surface area contributed by atoms with Gasteiger partial charge in [-0.05, 0) is 32.1 Å². The molecule has 0 saturated heterocycles. The Labute approximate surface area is 151 Å². The highest BCUT2D eigenvalue weighted by atomic mass is 16.5. The number of hydrogen-bond donors (Lipinski definition) is 2. The molecule has 0 unspecified atom stereocenters.